The molecule has 1 aliphatic rings. The van der Waals surface area contributed by atoms with E-state index in [1.165, 1.54) is 11.8 Å². The maximum Gasteiger partial charge on any atom is 0.242 e. The Morgan fingerprint density at radius 2 is 2.00 bits per heavy atom. The number of benzene rings is 2. The third-order valence-electron chi connectivity index (χ3n) is 4.19. The highest BCUT2D eigenvalue weighted by Gasteiger charge is 2.38. The maximum atomic E-state index is 12.7. The molecule has 1 aliphatic heterocycles. The largest absolute Gasteiger partial charge is 0.494 e. The number of hydrogen-bond donors (Lipinski definition) is 1. The predicted octanol–water partition coefficient (Wildman–Crippen LogP) is 4.72. The van der Waals surface area contributed by atoms with Crippen molar-refractivity contribution in [3.63, 3.8) is 0 Å². The molecule has 0 spiro atoms. The Hall–Kier alpha value is -2.51. The quantitative estimate of drug-likeness (QED) is 0.688. The molecule has 1 saturated heterocycles. The van der Waals surface area contributed by atoms with Gasteiger partial charge in [-0.2, -0.15) is 0 Å². The van der Waals surface area contributed by atoms with Crippen molar-refractivity contribution in [3.8, 4) is 5.75 Å². The van der Waals surface area contributed by atoms with Gasteiger partial charge in [0, 0.05) is 23.7 Å². The second-order valence-corrected chi connectivity index (χ2v) is 7.88. The topological polar surface area (TPSA) is 71.0 Å². The minimum absolute atomic E-state index is 0.0712. The zero-order chi connectivity index (χ0) is 20.8. The van der Waals surface area contributed by atoms with E-state index in [1.54, 1.807) is 47.4 Å². The molecule has 152 valence electrons. The number of hydrogen-bond acceptors (Lipinski definition) is 5. The number of carbonyl (C=O) groups excluding carboxylic acids is 2. The van der Waals surface area contributed by atoms with Gasteiger partial charge in [-0.25, -0.2) is 4.99 Å². The van der Waals surface area contributed by atoms with Crippen LogP contribution in [0.3, 0.4) is 0 Å². The summed E-state index contributed by atoms with van der Waals surface area (Å²) in [6.07, 6.45) is 0.0712. The van der Waals surface area contributed by atoms with Crippen molar-refractivity contribution in [3.05, 3.63) is 53.6 Å². The van der Waals surface area contributed by atoms with Crippen molar-refractivity contribution in [1.29, 1.82) is 0 Å². The highest BCUT2D eigenvalue weighted by molar-refractivity contribution is 8.15. The molecule has 2 aromatic rings. The first-order chi connectivity index (χ1) is 14.0. The number of nitrogens with one attached hydrogen (secondary N) is 1. The van der Waals surface area contributed by atoms with E-state index >= 15 is 0 Å². The van der Waals surface area contributed by atoms with Crippen LogP contribution in [-0.4, -0.2) is 40.3 Å². The molecule has 1 atom stereocenters. The molecule has 29 heavy (non-hydrogen) atoms. The summed E-state index contributed by atoms with van der Waals surface area (Å²) >= 11 is 7.32. The van der Waals surface area contributed by atoms with Crippen LogP contribution in [0.4, 0.5) is 11.4 Å². The molecule has 2 aromatic carbocycles. The SMILES string of the molecule is CCOc1ccc(NC(=O)CC2SC(=Nc3cccc(Cl)c3)N(CC)C2=O)cc1. The molecule has 0 aromatic heterocycles. The number of amidine groups is 1. The zero-order valence-electron chi connectivity index (χ0n) is 16.2. The monoisotopic (exact) mass is 431 g/mol. The minimum Gasteiger partial charge on any atom is -0.494 e. The number of rotatable bonds is 7. The van der Waals surface area contributed by atoms with Gasteiger partial charge < -0.3 is 10.1 Å². The van der Waals surface area contributed by atoms with E-state index < -0.39 is 5.25 Å². The third kappa shape index (κ3) is 5.52. The highest BCUT2D eigenvalue weighted by Crippen LogP contribution is 2.32. The molecular weight excluding hydrogens is 410 g/mol. The first-order valence-corrected chi connectivity index (χ1v) is 10.6. The fourth-order valence-electron chi connectivity index (χ4n) is 2.85. The van der Waals surface area contributed by atoms with E-state index in [0.717, 1.165) is 5.75 Å². The molecule has 2 amide bonds. The van der Waals surface area contributed by atoms with Crippen molar-refractivity contribution >= 4 is 51.7 Å². The number of halogens is 1. The lowest BCUT2D eigenvalue weighted by molar-refractivity contribution is -0.128. The van der Waals surface area contributed by atoms with Crippen molar-refractivity contribution in [2.75, 3.05) is 18.5 Å². The average Bonchev–Trinajstić information content (AvgIpc) is 2.97. The lowest BCUT2D eigenvalue weighted by Crippen LogP contribution is -2.33. The smallest absolute Gasteiger partial charge is 0.242 e. The van der Waals surface area contributed by atoms with E-state index in [9.17, 15) is 9.59 Å². The molecule has 0 saturated carbocycles. The average molecular weight is 432 g/mol. The number of nitrogens with zero attached hydrogens (tertiary/aromatic N) is 2. The van der Waals surface area contributed by atoms with Crippen molar-refractivity contribution in [1.82, 2.24) is 4.90 Å². The summed E-state index contributed by atoms with van der Waals surface area (Å²) in [5.41, 5.74) is 1.33. The third-order valence-corrected chi connectivity index (χ3v) is 5.60. The molecule has 0 aliphatic carbocycles. The van der Waals surface area contributed by atoms with Gasteiger partial charge in [0.1, 0.15) is 11.0 Å². The van der Waals surface area contributed by atoms with Crippen LogP contribution in [0.1, 0.15) is 20.3 Å². The summed E-state index contributed by atoms with van der Waals surface area (Å²) in [5.74, 6) is 0.410. The fourth-order valence-corrected chi connectivity index (χ4v) is 4.26. The van der Waals surface area contributed by atoms with E-state index in [0.29, 0.717) is 34.7 Å². The number of carbonyl (C=O) groups is 2. The standard InChI is InChI=1S/C21H22ClN3O3S/c1-3-25-20(27)18(29-21(25)24-16-7-5-6-14(22)12-16)13-19(26)23-15-8-10-17(11-9-15)28-4-2/h5-12,18H,3-4,13H2,1-2H3,(H,23,26). The second kappa shape index (κ2) is 9.80. The van der Waals surface area contributed by atoms with Gasteiger partial charge in [-0.05, 0) is 56.3 Å². The molecule has 0 radical (unpaired) electrons. The zero-order valence-corrected chi connectivity index (χ0v) is 17.8. The Balaban J connectivity index is 1.66. The van der Waals surface area contributed by atoms with Gasteiger partial charge in [-0.1, -0.05) is 29.4 Å². The number of aliphatic imine (C=N–C) groups is 1. The van der Waals surface area contributed by atoms with Gasteiger partial charge >= 0.3 is 0 Å². The number of amides is 2. The maximum absolute atomic E-state index is 12.7. The molecule has 1 heterocycles. The van der Waals surface area contributed by atoms with Gasteiger partial charge in [0.25, 0.3) is 0 Å². The van der Waals surface area contributed by atoms with Crippen molar-refractivity contribution < 1.29 is 14.3 Å². The Kier molecular flexibility index (Phi) is 7.17. The summed E-state index contributed by atoms with van der Waals surface area (Å²) in [7, 11) is 0. The summed E-state index contributed by atoms with van der Waals surface area (Å²) in [4.78, 5) is 31.3. The molecule has 8 heteroatoms. The first-order valence-electron chi connectivity index (χ1n) is 9.35. The van der Waals surface area contributed by atoms with Crippen LogP contribution in [0.5, 0.6) is 5.75 Å². The Morgan fingerprint density at radius 3 is 2.66 bits per heavy atom. The number of anilines is 1. The van der Waals surface area contributed by atoms with Crippen molar-refractivity contribution in [2.24, 2.45) is 4.99 Å². The van der Waals surface area contributed by atoms with Crippen LogP contribution in [0.2, 0.25) is 5.02 Å². The lowest BCUT2D eigenvalue weighted by atomic mass is 10.2. The van der Waals surface area contributed by atoms with Crippen LogP contribution in [0, 0.1) is 0 Å². The van der Waals surface area contributed by atoms with Crippen LogP contribution in [0.15, 0.2) is 53.5 Å². The van der Waals surface area contributed by atoms with E-state index in [2.05, 4.69) is 10.3 Å². The predicted molar refractivity (Wildman–Crippen MR) is 118 cm³/mol. The normalized spacial score (nSPS) is 17.6. The highest BCUT2D eigenvalue weighted by atomic mass is 35.5. The Bertz CT molecular complexity index is 918. The van der Waals surface area contributed by atoms with E-state index in [4.69, 9.17) is 16.3 Å². The lowest BCUT2D eigenvalue weighted by Gasteiger charge is -2.13. The van der Waals surface area contributed by atoms with Crippen LogP contribution >= 0.6 is 23.4 Å². The molecule has 1 fully saturated rings. The summed E-state index contributed by atoms with van der Waals surface area (Å²) in [6.45, 7) is 4.87. The summed E-state index contributed by atoms with van der Waals surface area (Å²) in [6, 6.07) is 14.3. The molecule has 1 unspecified atom stereocenters. The van der Waals surface area contributed by atoms with E-state index in [1.807, 2.05) is 19.9 Å². The van der Waals surface area contributed by atoms with Gasteiger partial charge in [0.05, 0.1) is 12.3 Å². The Labute approximate surface area is 179 Å². The second-order valence-electron chi connectivity index (χ2n) is 6.27. The minimum atomic E-state index is -0.504. The molecule has 0 bridgehead atoms. The van der Waals surface area contributed by atoms with Crippen LogP contribution < -0.4 is 10.1 Å². The van der Waals surface area contributed by atoms with Gasteiger partial charge in [0.15, 0.2) is 5.17 Å². The van der Waals surface area contributed by atoms with E-state index in [-0.39, 0.29) is 18.2 Å². The summed E-state index contributed by atoms with van der Waals surface area (Å²) < 4.78 is 5.39. The van der Waals surface area contributed by atoms with Crippen LogP contribution in [0.25, 0.3) is 0 Å². The summed E-state index contributed by atoms with van der Waals surface area (Å²) in [5, 5.41) is 3.48. The molecular formula is C21H22ClN3O3S. The number of thioether (sulfide) groups is 1. The van der Waals surface area contributed by atoms with Gasteiger partial charge in [-0.3, -0.25) is 14.5 Å². The first kappa shape index (κ1) is 21.2. The van der Waals surface area contributed by atoms with Crippen molar-refractivity contribution in [2.45, 2.75) is 25.5 Å². The molecule has 6 nitrogen and oxygen atoms in total. The Morgan fingerprint density at radius 1 is 1.24 bits per heavy atom. The van der Waals surface area contributed by atoms with Crippen LogP contribution in [-0.2, 0) is 9.59 Å². The fraction of sp³-hybridized carbons (Fsp3) is 0.286. The number of ether oxygens (including phenoxy) is 1. The van der Waals surface area contributed by atoms with Gasteiger partial charge in [-0.15, -0.1) is 0 Å². The van der Waals surface area contributed by atoms with Gasteiger partial charge in [0.2, 0.25) is 11.8 Å². The molecule has 1 N–H and O–H groups in total. The molecule has 3 rings (SSSR count).